The number of carbonyl (C=O) groups is 3. The zero-order valence-corrected chi connectivity index (χ0v) is 13.2. The van der Waals surface area contributed by atoms with Crippen molar-refractivity contribution in [3.63, 3.8) is 0 Å². The predicted molar refractivity (Wildman–Crippen MR) is 79.6 cm³/mol. The minimum absolute atomic E-state index is 0.0541. The Kier molecular flexibility index (Phi) is 7.22. The summed E-state index contributed by atoms with van der Waals surface area (Å²) in [6.07, 6.45) is -1.79. The largest absolute Gasteiger partial charge is 0.480 e. The Bertz CT molecular complexity index is 619. The van der Waals surface area contributed by atoms with Gasteiger partial charge in [0.2, 0.25) is 11.8 Å². The maximum Gasteiger partial charge on any atom is 0.328 e. The molecule has 0 unspecified atom stereocenters. The van der Waals surface area contributed by atoms with E-state index in [1.807, 2.05) is 5.32 Å². The van der Waals surface area contributed by atoms with Gasteiger partial charge < -0.3 is 41.9 Å². The number of hydrogen-bond donors (Lipinski definition) is 7. The number of aliphatic hydroxyl groups excluding tert-OH is 2. The lowest BCUT2D eigenvalue weighted by atomic mass is 10.2. The van der Waals surface area contributed by atoms with Gasteiger partial charge in [0.05, 0.1) is 25.2 Å². The molecule has 1 aromatic rings. The third-order valence-electron chi connectivity index (χ3n) is 3.03. The number of carbonyl (C=O) groups excluding carboxylic acids is 2. The number of aliphatic carboxylic acids is 1. The monoisotopic (exact) mass is 360 g/mol. The number of amides is 3. The summed E-state index contributed by atoms with van der Waals surface area (Å²) >= 11 is 0. The fourth-order valence-corrected chi connectivity index (χ4v) is 1.75. The molecular formula is C12H20N6O7. The molecule has 0 saturated heterocycles. The van der Waals surface area contributed by atoms with Crippen molar-refractivity contribution in [2.75, 3.05) is 6.61 Å². The van der Waals surface area contributed by atoms with Crippen molar-refractivity contribution in [3.8, 4) is 0 Å². The van der Waals surface area contributed by atoms with E-state index in [4.69, 9.17) is 26.2 Å². The van der Waals surface area contributed by atoms with Crippen LogP contribution < -0.4 is 22.1 Å². The molecule has 140 valence electrons. The molecule has 0 aliphatic rings. The molecule has 9 N–H and O–H groups in total. The summed E-state index contributed by atoms with van der Waals surface area (Å²) in [7, 11) is 0. The molecule has 1 aromatic heterocycles. The van der Waals surface area contributed by atoms with Crippen molar-refractivity contribution in [2.24, 2.45) is 11.5 Å². The average molecular weight is 360 g/mol. The lowest BCUT2D eigenvalue weighted by Crippen LogP contribution is -2.52. The third kappa shape index (κ3) is 5.98. The molecule has 4 atom stereocenters. The van der Waals surface area contributed by atoms with Gasteiger partial charge in [0.15, 0.2) is 11.9 Å². The lowest BCUT2D eigenvalue weighted by Gasteiger charge is -2.19. The highest BCUT2D eigenvalue weighted by molar-refractivity contribution is 5.83. The zero-order chi connectivity index (χ0) is 19.1. The first-order valence-electron chi connectivity index (χ1n) is 7.11. The number of urea groups is 1. The van der Waals surface area contributed by atoms with Gasteiger partial charge in [-0.2, -0.15) is 4.98 Å². The normalized spacial score (nSPS) is 15.7. The van der Waals surface area contributed by atoms with Gasteiger partial charge in [-0.25, -0.2) is 9.59 Å². The van der Waals surface area contributed by atoms with E-state index in [1.54, 1.807) is 0 Å². The van der Waals surface area contributed by atoms with Gasteiger partial charge in [0, 0.05) is 0 Å². The van der Waals surface area contributed by atoms with Crippen LogP contribution in [-0.4, -0.2) is 62.1 Å². The molecule has 0 saturated carbocycles. The van der Waals surface area contributed by atoms with E-state index in [0.717, 1.165) is 0 Å². The molecule has 13 nitrogen and oxygen atoms in total. The quantitative estimate of drug-likeness (QED) is 0.238. The molecule has 0 radical (unpaired) electrons. The van der Waals surface area contributed by atoms with Crippen LogP contribution in [0.4, 0.5) is 4.79 Å². The van der Waals surface area contributed by atoms with Gasteiger partial charge in [0.25, 0.3) is 0 Å². The lowest BCUT2D eigenvalue weighted by molar-refractivity contribution is -0.141. The molecule has 1 heterocycles. The van der Waals surface area contributed by atoms with E-state index in [2.05, 4.69) is 15.5 Å². The Morgan fingerprint density at radius 1 is 1.32 bits per heavy atom. The molecular weight excluding hydrogens is 340 g/mol. The first kappa shape index (κ1) is 20.3. The van der Waals surface area contributed by atoms with Gasteiger partial charge in [-0.15, -0.1) is 0 Å². The van der Waals surface area contributed by atoms with Crippen LogP contribution in [0.1, 0.15) is 37.1 Å². The summed E-state index contributed by atoms with van der Waals surface area (Å²) in [5, 5.41) is 35.0. The van der Waals surface area contributed by atoms with E-state index >= 15 is 0 Å². The maximum absolute atomic E-state index is 11.9. The molecule has 0 aliphatic carbocycles. The first-order valence-corrected chi connectivity index (χ1v) is 7.11. The molecule has 0 aromatic carbocycles. The Balaban J connectivity index is 2.89. The van der Waals surface area contributed by atoms with Crippen LogP contribution in [0.3, 0.4) is 0 Å². The van der Waals surface area contributed by atoms with Crippen LogP contribution in [0.5, 0.6) is 0 Å². The summed E-state index contributed by atoms with van der Waals surface area (Å²) in [5.41, 5.74) is 10.6. The minimum atomic E-state index is -1.57. The van der Waals surface area contributed by atoms with Crippen molar-refractivity contribution < 1.29 is 34.2 Å². The number of rotatable bonds is 9. The number of primary amides is 1. The van der Waals surface area contributed by atoms with Gasteiger partial charge in [-0.05, 0) is 6.92 Å². The maximum atomic E-state index is 11.9. The van der Waals surface area contributed by atoms with Crippen LogP contribution in [0, 0.1) is 0 Å². The standard InChI is InChI=1S/C12H20N6O7/c1-4(20)8(11(22)23)16-12(24)15-6(2-7(14)21)10-17-9(18-25-10)5(13)3-19/h4-6,8,19-20H,2-3,13H2,1H3,(H2,14,21)(H,22,23)(H2,15,16,24)/t4-,5-,6-,8-/m0/s1. The van der Waals surface area contributed by atoms with E-state index < -0.39 is 55.2 Å². The third-order valence-corrected chi connectivity index (χ3v) is 3.03. The summed E-state index contributed by atoms with van der Waals surface area (Å²) in [6.45, 7) is 0.725. The molecule has 1 rings (SSSR count). The van der Waals surface area contributed by atoms with E-state index in [-0.39, 0.29) is 11.7 Å². The topological polar surface area (TPSA) is 227 Å². The fraction of sp³-hybridized carbons (Fsp3) is 0.583. The van der Waals surface area contributed by atoms with Crippen molar-refractivity contribution >= 4 is 17.9 Å². The zero-order valence-electron chi connectivity index (χ0n) is 13.2. The molecule has 0 bridgehead atoms. The van der Waals surface area contributed by atoms with Crippen molar-refractivity contribution in [1.82, 2.24) is 20.8 Å². The van der Waals surface area contributed by atoms with E-state index in [1.165, 1.54) is 6.92 Å². The summed E-state index contributed by atoms with van der Waals surface area (Å²) in [4.78, 5) is 37.9. The van der Waals surface area contributed by atoms with E-state index in [9.17, 15) is 19.5 Å². The van der Waals surface area contributed by atoms with Crippen LogP contribution in [0.25, 0.3) is 0 Å². The number of hydrogen-bond acceptors (Lipinski definition) is 9. The first-order chi connectivity index (χ1) is 11.6. The van der Waals surface area contributed by atoms with E-state index in [0.29, 0.717) is 0 Å². The molecule has 25 heavy (non-hydrogen) atoms. The fourth-order valence-electron chi connectivity index (χ4n) is 1.75. The molecule has 0 fully saturated rings. The summed E-state index contributed by atoms with van der Waals surface area (Å²) in [6, 6.07) is -4.67. The number of aliphatic hydroxyl groups is 2. The smallest absolute Gasteiger partial charge is 0.328 e. The summed E-state index contributed by atoms with van der Waals surface area (Å²) in [5.74, 6) is -2.52. The van der Waals surface area contributed by atoms with Gasteiger partial charge in [-0.3, -0.25) is 4.79 Å². The van der Waals surface area contributed by atoms with Crippen LogP contribution in [0.15, 0.2) is 4.52 Å². The molecule has 3 amide bonds. The Hall–Kier alpha value is -2.77. The molecule has 13 heteroatoms. The second-order valence-electron chi connectivity index (χ2n) is 5.18. The van der Waals surface area contributed by atoms with Crippen molar-refractivity contribution in [3.05, 3.63) is 11.7 Å². The summed E-state index contributed by atoms with van der Waals surface area (Å²) < 4.78 is 4.88. The number of nitrogens with one attached hydrogen (secondary N) is 2. The second kappa shape index (κ2) is 8.91. The number of nitrogens with zero attached hydrogens (tertiary/aromatic N) is 2. The number of carboxylic acid groups (broad SMARTS) is 1. The number of aromatic nitrogens is 2. The van der Waals surface area contributed by atoms with Crippen molar-refractivity contribution in [1.29, 1.82) is 0 Å². The van der Waals surface area contributed by atoms with Gasteiger partial charge in [-0.1, -0.05) is 5.16 Å². The van der Waals surface area contributed by atoms with Gasteiger partial charge in [0.1, 0.15) is 6.04 Å². The average Bonchev–Trinajstić information content (AvgIpc) is 3.00. The predicted octanol–water partition coefficient (Wildman–Crippen LogP) is -2.89. The Labute approximate surface area is 141 Å². The van der Waals surface area contributed by atoms with Crippen molar-refractivity contribution in [2.45, 2.75) is 37.6 Å². The SMILES string of the molecule is C[C@H](O)[C@H](NC(=O)N[C@@H](CC(N)=O)c1nc([C@@H](N)CO)no1)C(=O)O. The molecule has 0 spiro atoms. The highest BCUT2D eigenvalue weighted by atomic mass is 16.5. The van der Waals surface area contributed by atoms with Gasteiger partial charge >= 0.3 is 12.0 Å². The number of carboxylic acids is 1. The molecule has 0 aliphatic heterocycles. The van der Waals surface area contributed by atoms with Crippen LogP contribution in [-0.2, 0) is 9.59 Å². The van der Waals surface area contributed by atoms with Crippen LogP contribution >= 0.6 is 0 Å². The Morgan fingerprint density at radius 3 is 2.44 bits per heavy atom. The van der Waals surface area contributed by atoms with Crippen LogP contribution in [0.2, 0.25) is 0 Å². The number of nitrogens with two attached hydrogens (primary N) is 2. The highest BCUT2D eigenvalue weighted by Crippen LogP contribution is 2.16. The Morgan fingerprint density at radius 2 is 1.96 bits per heavy atom. The second-order valence-corrected chi connectivity index (χ2v) is 5.18. The highest BCUT2D eigenvalue weighted by Gasteiger charge is 2.29. The minimum Gasteiger partial charge on any atom is -0.480 e.